The maximum absolute atomic E-state index is 12.5. The highest BCUT2D eigenvalue weighted by atomic mass is 32.2. The molecular formula is C25H27F3N4S. The molecule has 4 rings (SSSR count). The standard InChI is InChI=1S/C25H27F3N4S/c1-17(3-4-19-5-7-20(8-6-19)11-25(26,27)28)31-13-21-15-32(16-22(21)14-31)18(2)24-10-9-23(33-29)12-30-24/h5-10,12H,1-4,11,13-16,29H2. The van der Waals surface area contributed by atoms with Crippen molar-refractivity contribution in [1.29, 1.82) is 0 Å². The molecule has 2 aliphatic heterocycles. The van der Waals surface area contributed by atoms with Gasteiger partial charge in [-0.3, -0.25) is 10.1 Å². The van der Waals surface area contributed by atoms with Gasteiger partial charge >= 0.3 is 6.18 Å². The van der Waals surface area contributed by atoms with Crippen molar-refractivity contribution in [1.82, 2.24) is 14.8 Å². The van der Waals surface area contributed by atoms with E-state index in [0.717, 1.165) is 66.6 Å². The number of rotatable bonds is 8. The topological polar surface area (TPSA) is 45.4 Å². The first kappa shape index (κ1) is 23.4. The van der Waals surface area contributed by atoms with Crippen molar-refractivity contribution in [3.8, 4) is 0 Å². The van der Waals surface area contributed by atoms with E-state index in [2.05, 4.69) is 27.9 Å². The number of nitrogens with two attached hydrogens (primary N) is 1. The predicted octanol–water partition coefficient (Wildman–Crippen LogP) is 5.20. The Bertz CT molecular complexity index is 1040. The minimum Gasteiger partial charge on any atom is -0.367 e. The van der Waals surface area contributed by atoms with Crippen molar-refractivity contribution < 1.29 is 13.2 Å². The number of pyridine rings is 1. The summed E-state index contributed by atoms with van der Waals surface area (Å²) in [6, 6.07) is 10.6. The first-order valence-corrected chi connectivity index (χ1v) is 11.6. The third-order valence-electron chi connectivity index (χ3n) is 6.15. The van der Waals surface area contributed by atoms with Gasteiger partial charge in [0.2, 0.25) is 0 Å². The molecule has 0 atom stereocenters. The van der Waals surface area contributed by atoms with E-state index in [4.69, 9.17) is 5.14 Å². The molecule has 0 radical (unpaired) electrons. The van der Waals surface area contributed by atoms with Crippen LogP contribution in [0.4, 0.5) is 13.2 Å². The second kappa shape index (κ2) is 9.65. The van der Waals surface area contributed by atoms with Gasteiger partial charge in [-0.15, -0.1) is 0 Å². The normalized spacial score (nSPS) is 15.9. The number of allylic oxidation sites excluding steroid dienone is 1. The molecule has 2 N–H and O–H groups in total. The van der Waals surface area contributed by atoms with Gasteiger partial charge in [0.05, 0.1) is 17.8 Å². The molecule has 3 heterocycles. The molecular weight excluding hydrogens is 445 g/mol. The summed E-state index contributed by atoms with van der Waals surface area (Å²) in [6.07, 6.45) is -1.75. The fraction of sp³-hybridized carbons (Fsp3) is 0.320. The first-order valence-electron chi connectivity index (χ1n) is 10.8. The van der Waals surface area contributed by atoms with Crippen molar-refractivity contribution in [2.24, 2.45) is 5.14 Å². The summed E-state index contributed by atoms with van der Waals surface area (Å²) in [4.78, 5) is 9.94. The van der Waals surface area contributed by atoms with E-state index >= 15 is 0 Å². The molecule has 0 aliphatic carbocycles. The van der Waals surface area contributed by atoms with Crippen LogP contribution in [0.5, 0.6) is 0 Å². The Kier molecular flexibility index (Phi) is 6.86. The van der Waals surface area contributed by atoms with Gasteiger partial charge in [0, 0.05) is 43.0 Å². The van der Waals surface area contributed by atoms with Crippen LogP contribution in [0.2, 0.25) is 0 Å². The molecule has 0 unspecified atom stereocenters. The van der Waals surface area contributed by atoms with E-state index in [1.807, 2.05) is 12.1 Å². The average molecular weight is 473 g/mol. The van der Waals surface area contributed by atoms with Gasteiger partial charge in [-0.1, -0.05) is 37.4 Å². The van der Waals surface area contributed by atoms with Gasteiger partial charge < -0.3 is 9.80 Å². The number of halogens is 3. The maximum atomic E-state index is 12.5. The van der Waals surface area contributed by atoms with Crippen molar-refractivity contribution in [2.75, 3.05) is 26.2 Å². The summed E-state index contributed by atoms with van der Waals surface area (Å²) in [5.41, 5.74) is 6.96. The Morgan fingerprint density at radius 3 is 2.09 bits per heavy atom. The smallest absolute Gasteiger partial charge is 0.367 e. The van der Waals surface area contributed by atoms with Crippen LogP contribution in [0.1, 0.15) is 23.2 Å². The molecule has 1 aromatic carbocycles. The lowest BCUT2D eigenvalue weighted by atomic mass is 10.0. The molecule has 0 spiro atoms. The summed E-state index contributed by atoms with van der Waals surface area (Å²) in [6.45, 7) is 11.9. The van der Waals surface area contributed by atoms with E-state index in [1.165, 1.54) is 23.1 Å². The number of alkyl halides is 3. The van der Waals surface area contributed by atoms with Crippen molar-refractivity contribution in [3.05, 3.63) is 89.4 Å². The quantitative estimate of drug-likeness (QED) is 0.423. The Morgan fingerprint density at radius 2 is 1.55 bits per heavy atom. The van der Waals surface area contributed by atoms with Crippen LogP contribution in [-0.2, 0) is 12.8 Å². The minimum atomic E-state index is -4.17. The van der Waals surface area contributed by atoms with Gasteiger partial charge in [-0.05, 0) is 59.2 Å². The van der Waals surface area contributed by atoms with E-state index in [0.29, 0.717) is 5.56 Å². The Labute approximate surface area is 196 Å². The average Bonchev–Trinajstić information content (AvgIpc) is 3.36. The van der Waals surface area contributed by atoms with Gasteiger partial charge in [-0.25, -0.2) is 0 Å². The highest BCUT2D eigenvalue weighted by Gasteiger charge is 2.31. The van der Waals surface area contributed by atoms with Crippen LogP contribution in [-0.4, -0.2) is 47.1 Å². The largest absolute Gasteiger partial charge is 0.393 e. The third-order valence-corrected chi connectivity index (χ3v) is 6.67. The number of hydrogen-bond acceptors (Lipinski definition) is 5. The molecule has 8 heteroatoms. The van der Waals surface area contributed by atoms with Crippen LogP contribution in [0, 0.1) is 0 Å². The Balaban J connectivity index is 1.25. The zero-order valence-corrected chi connectivity index (χ0v) is 19.2. The number of aryl methyl sites for hydroxylation is 1. The monoisotopic (exact) mass is 472 g/mol. The van der Waals surface area contributed by atoms with Crippen molar-refractivity contribution in [2.45, 2.75) is 30.3 Å². The number of benzene rings is 1. The summed E-state index contributed by atoms with van der Waals surface area (Å²) in [5, 5.41) is 5.57. The molecule has 0 fully saturated rings. The van der Waals surface area contributed by atoms with Crippen molar-refractivity contribution >= 4 is 17.6 Å². The molecule has 4 nitrogen and oxygen atoms in total. The van der Waals surface area contributed by atoms with E-state index in [9.17, 15) is 13.2 Å². The summed E-state index contributed by atoms with van der Waals surface area (Å²) >= 11 is 1.17. The highest BCUT2D eigenvalue weighted by molar-refractivity contribution is 7.97. The van der Waals surface area contributed by atoms with Crippen LogP contribution < -0.4 is 5.14 Å². The summed E-state index contributed by atoms with van der Waals surface area (Å²) < 4.78 is 37.5. The fourth-order valence-corrected chi connectivity index (χ4v) is 4.54. The molecule has 33 heavy (non-hydrogen) atoms. The second-order valence-electron chi connectivity index (χ2n) is 8.54. The van der Waals surface area contributed by atoms with Crippen molar-refractivity contribution in [3.63, 3.8) is 0 Å². The SMILES string of the molecule is C=C(CCc1ccc(CC(F)(F)F)cc1)N1CC2=C(C1)CN(C(=C)c1ccc(SN)cn1)C2. The Morgan fingerprint density at radius 1 is 0.939 bits per heavy atom. The van der Waals surface area contributed by atoms with Crippen LogP contribution >= 0.6 is 11.9 Å². The second-order valence-corrected chi connectivity index (χ2v) is 9.24. The zero-order chi connectivity index (χ0) is 23.6. The predicted molar refractivity (Wildman–Crippen MR) is 127 cm³/mol. The van der Waals surface area contributed by atoms with E-state index < -0.39 is 12.6 Å². The molecule has 174 valence electrons. The number of nitrogens with zero attached hydrogens (tertiary/aromatic N) is 3. The van der Waals surface area contributed by atoms with Gasteiger partial charge in [0.25, 0.3) is 0 Å². The molecule has 1 aromatic heterocycles. The number of hydrogen-bond donors (Lipinski definition) is 1. The van der Waals surface area contributed by atoms with Gasteiger partial charge in [0.1, 0.15) is 0 Å². The summed E-state index contributed by atoms with van der Waals surface area (Å²) in [7, 11) is 0. The van der Waals surface area contributed by atoms with Crippen LogP contribution in [0.15, 0.2) is 77.5 Å². The molecule has 0 bridgehead atoms. The lowest BCUT2D eigenvalue weighted by molar-refractivity contribution is -0.127. The third kappa shape index (κ3) is 5.81. The van der Waals surface area contributed by atoms with E-state index in [1.54, 1.807) is 30.5 Å². The van der Waals surface area contributed by atoms with Crippen LogP contribution in [0.3, 0.4) is 0 Å². The molecule has 0 saturated heterocycles. The fourth-order valence-electron chi connectivity index (χ4n) is 4.28. The van der Waals surface area contributed by atoms with E-state index in [-0.39, 0.29) is 0 Å². The van der Waals surface area contributed by atoms with Gasteiger partial charge in [0.15, 0.2) is 0 Å². The lowest BCUT2D eigenvalue weighted by Gasteiger charge is -2.27. The Hall–Kier alpha value is -2.71. The molecule has 2 aromatic rings. The number of aromatic nitrogens is 1. The lowest BCUT2D eigenvalue weighted by Crippen LogP contribution is -2.28. The molecule has 0 saturated carbocycles. The first-order chi connectivity index (χ1) is 15.7. The molecule has 0 amide bonds. The summed E-state index contributed by atoms with van der Waals surface area (Å²) in [5.74, 6) is 0. The molecule has 2 aliphatic rings. The zero-order valence-electron chi connectivity index (χ0n) is 18.4. The maximum Gasteiger partial charge on any atom is 0.393 e. The highest BCUT2D eigenvalue weighted by Crippen LogP contribution is 2.32. The van der Waals surface area contributed by atoms with Crippen LogP contribution in [0.25, 0.3) is 5.70 Å². The van der Waals surface area contributed by atoms with Gasteiger partial charge in [-0.2, -0.15) is 13.2 Å². The minimum absolute atomic E-state index is 0.292.